The van der Waals surface area contributed by atoms with Crippen molar-refractivity contribution >= 4 is 55.1 Å². The lowest BCUT2D eigenvalue weighted by molar-refractivity contribution is 0.0603. The molecule has 2 aromatic carbocycles. The average molecular weight is 510 g/mol. The van der Waals surface area contributed by atoms with Gasteiger partial charge in [0.25, 0.3) is 5.91 Å². The third-order valence-electron chi connectivity index (χ3n) is 5.77. The molecule has 1 aliphatic rings. The maximum atomic E-state index is 12.9. The van der Waals surface area contributed by atoms with Crippen LogP contribution in [0.4, 0.5) is 5.00 Å². The highest BCUT2D eigenvalue weighted by Crippen LogP contribution is 2.38. The molecule has 0 saturated heterocycles. The summed E-state index contributed by atoms with van der Waals surface area (Å²) in [5, 5.41) is 5.99. The fourth-order valence-corrected chi connectivity index (χ4v) is 5.49. The van der Waals surface area contributed by atoms with Gasteiger partial charge >= 0.3 is 5.97 Å². The normalized spacial score (nSPS) is 13.1. The lowest BCUT2D eigenvalue weighted by Gasteiger charge is -2.16. The lowest BCUT2D eigenvalue weighted by Crippen LogP contribution is -2.13. The van der Waals surface area contributed by atoms with E-state index in [1.807, 2.05) is 23.6 Å². The number of hydrogen-bond donors (Lipinski definition) is 1. The number of carbonyl (C=O) groups excluding carboxylic acids is 2. The molecule has 1 N–H and O–H groups in total. The van der Waals surface area contributed by atoms with E-state index in [1.54, 1.807) is 12.1 Å². The first kappa shape index (κ1) is 21.0. The topological polar surface area (TPSA) is 68.5 Å². The molecular weight excluding hydrogens is 490 g/mol. The number of nitrogens with one attached hydrogen (secondary N) is 1. The zero-order chi connectivity index (χ0) is 22.2. The van der Waals surface area contributed by atoms with Crippen LogP contribution in [0.5, 0.6) is 0 Å². The zero-order valence-corrected chi connectivity index (χ0v) is 19.8. The van der Waals surface area contributed by atoms with Gasteiger partial charge in [-0.2, -0.15) is 0 Å². The van der Waals surface area contributed by atoms with E-state index in [1.165, 1.54) is 42.4 Å². The summed E-state index contributed by atoms with van der Waals surface area (Å²) in [5.74, 6) is -0.721. The molecular formula is C25H20BrNO4S. The zero-order valence-electron chi connectivity index (χ0n) is 17.4. The van der Waals surface area contributed by atoms with Crippen LogP contribution in [0, 0.1) is 0 Å². The molecule has 5 nitrogen and oxygen atoms in total. The molecule has 0 radical (unpaired) electrons. The Balaban J connectivity index is 1.49. The molecule has 0 aliphatic heterocycles. The van der Waals surface area contributed by atoms with E-state index < -0.39 is 11.9 Å². The number of methoxy groups -OCH3 is 1. The first-order valence-electron chi connectivity index (χ1n) is 10.4. The number of benzene rings is 2. The smallest absolute Gasteiger partial charge is 0.341 e. The van der Waals surface area contributed by atoms with Crippen LogP contribution in [0.1, 0.15) is 44.9 Å². The number of fused-ring (bicyclic) bond motifs is 2. The molecule has 0 unspecified atom stereocenters. The van der Waals surface area contributed by atoms with Gasteiger partial charge in [-0.15, -0.1) is 11.3 Å². The number of thiophene rings is 1. The Morgan fingerprint density at radius 3 is 2.69 bits per heavy atom. The second-order valence-electron chi connectivity index (χ2n) is 7.78. The van der Waals surface area contributed by atoms with Crippen LogP contribution >= 0.6 is 27.3 Å². The van der Waals surface area contributed by atoms with Crippen LogP contribution in [0.3, 0.4) is 0 Å². The van der Waals surface area contributed by atoms with Gasteiger partial charge in [0, 0.05) is 20.8 Å². The number of anilines is 1. The number of halogens is 1. The van der Waals surface area contributed by atoms with Crippen LogP contribution in [0.2, 0.25) is 0 Å². The Hall–Kier alpha value is -2.90. The summed E-state index contributed by atoms with van der Waals surface area (Å²) in [4.78, 5) is 25.6. The number of hydrogen-bond acceptors (Lipinski definition) is 5. The maximum Gasteiger partial charge on any atom is 0.341 e. The number of ether oxygens (including phenoxy) is 1. The van der Waals surface area contributed by atoms with Gasteiger partial charge in [0.15, 0.2) is 5.76 Å². The highest BCUT2D eigenvalue weighted by molar-refractivity contribution is 9.10. The van der Waals surface area contributed by atoms with Crippen molar-refractivity contribution in [2.45, 2.75) is 25.7 Å². The van der Waals surface area contributed by atoms with Crippen molar-refractivity contribution in [1.29, 1.82) is 0 Å². The molecule has 0 atom stereocenters. The molecule has 4 aromatic rings. The summed E-state index contributed by atoms with van der Waals surface area (Å²) in [6, 6.07) is 13.6. The van der Waals surface area contributed by atoms with Gasteiger partial charge in [-0.1, -0.05) is 34.1 Å². The number of amides is 1. The Morgan fingerprint density at radius 2 is 1.88 bits per heavy atom. The highest BCUT2D eigenvalue weighted by atomic mass is 79.9. The minimum atomic E-state index is -0.484. The summed E-state index contributed by atoms with van der Waals surface area (Å²) in [6.07, 6.45) is 4.54. The van der Waals surface area contributed by atoms with E-state index in [0.29, 0.717) is 16.1 Å². The number of furan rings is 1. The first-order chi connectivity index (χ1) is 15.5. The summed E-state index contributed by atoms with van der Waals surface area (Å²) in [7, 11) is 1.35. The minimum Gasteiger partial charge on any atom is -0.465 e. The molecule has 162 valence electrons. The summed E-state index contributed by atoms with van der Waals surface area (Å²) >= 11 is 4.72. The fourth-order valence-electron chi connectivity index (χ4n) is 4.16. The summed E-state index contributed by atoms with van der Waals surface area (Å²) in [6.45, 7) is 0. The molecule has 1 amide bonds. The SMILES string of the molecule is COC(=O)c1c(-c2ccc3c(c2)CCCC3)csc1NC(=O)c1cc2cc(Br)ccc2o1. The van der Waals surface area contributed by atoms with Gasteiger partial charge in [0.1, 0.15) is 16.1 Å². The van der Waals surface area contributed by atoms with Gasteiger partial charge < -0.3 is 14.5 Å². The fraction of sp³-hybridized carbons (Fsp3) is 0.200. The van der Waals surface area contributed by atoms with Crippen molar-refractivity contribution in [3.63, 3.8) is 0 Å². The van der Waals surface area contributed by atoms with Crippen molar-refractivity contribution in [2.75, 3.05) is 12.4 Å². The van der Waals surface area contributed by atoms with Gasteiger partial charge in [-0.3, -0.25) is 4.79 Å². The molecule has 0 saturated carbocycles. The van der Waals surface area contributed by atoms with Crippen molar-refractivity contribution in [1.82, 2.24) is 0 Å². The minimum absolute atomic E-state index is 0.178. The molecule has 2 aromatic heterocycles. The number of carbonyl (C=O) groups is 2. The van der Waals surface area contributed by atoms with Crippen LogP contribution < -0.4 is 5.32 Å². The molecule has 0 bridgehead atoms. The van der Waals surface area contributed by atoms with Crippen molar-refractivity contribution < 1.29 is 18.7 Å². The van der Waals surface area contributed by atoms with E-state index in [4.69, 9.17) is 9.15 Å². The van der Waals surface area contributed by atoms with E-state index in [-0.39, 0.29) is 5.76 Å². The molecule has 0 fully saturated rings. The average Bonchev–Trinajstić information content (AvgIpc) is 3.42. The Bertz CT molecular complexity index is 1350. The second-order valence-corrected chi connectivity index (χ2v) is 9.58. The quantitative estimate of drug-likeness (QED) is 0.305. The largest absolute Gasteiger partial charge is 0.465 e. The van der Waals surface area contributed by atoms with E-state index in [0.717, 1.165) is 33.8 Å². The number of aryl methyl sites for hydroxylation is 2. The molecule has 7 heteroatoms. The predicted molar refractivity (Wildman–Crippen MR) is 130 cm³/mol. The third-order valence-corrected chi connectivity index (χ3v) is 7.16. The van der Waals surface area contributed by atoms with E-state index >= 15 is 0 Å². The van der Waals surface area contributed by atoms with Crippen LogP contribution in [0.15, 0.2) is 56.7 Å². The third kappa shape index (κ3) is 3.87. The molecule has 2 heterocycles. The van der Waals surface area contributed by atoms with E-state index in [2.05, 4.69) is 33.4 Å². The monoisotopic (exact) mass is 509 g/mol. The van der Waals surface area contributed by atoms with Crippen molar-refractivity contribution in [3.8, 4) is 11.1 Å². The number of esters is 1. The molecule has 32 heavy (non-hydrogen) atoms. The van der Waals surface area contributed by atoms with E-state index in [9.17, 15) is 9.59 Å². The van der Waals surface area contributed by atoms with Gasteiger partial charge in [-0.05, 0) is 66.6 Å². The first-order valence-corrected chi connectivity index (χ1v) is 12.0. The van der Waals surface area contributed by atoms with Gasteiger partial charge in [-0.25, -0.2) is 4.79 Å². The second kappa shape index (κ2) is 8.56. The molecule has 1 aliphatic carbocycles. The molecule has 0 spiro atoms. The van der Waals surface area contributed by atoms with Crippen molar-refractivity contribution in [2.24, 2.45) is 0 Å². The highest BCUT2D eigenvalue weighted by Gasteiger charge is 2.24. The summed E-state index contributed by atoms with van der Waals surface area (Å²) < 4.78 is 11.6. The van der Waals surface area contributed by atoms with Crippen molar-refractivity contribution in [3.05, 3.63) is 74.8 Å². The Morgan fingerprint density at radius 1 is 1.06 bits per heavy atom. The summed E-state index contributed by atoms with van der Waals surface area (Å²) in [5.41, 5.74) is 5.40. The van der Waals surface area contributed by atoms with Crippen LogP contribution in [-0.2, 0) is 17.6 Å². The molecule has 5 rings (SSSR count). The van der Waals surface area contributed by atoms with Crippen LogP contribution in [0.25, 0.3) is 22.1 Å². The van der Waals surface area contributed by atoms with Gasteiger partial charge in [0.05, 0.1) is 7.11 Å². The van der Waals surface area contributed by atoms with Crippen LogP contribution in [-0.4, -0.2) is 19.0 Å². The Labute approximate surface area is 197 Å². The lowest BCUT2D eigenvalue weighted by atomic mass is 9.89. The van der Waals surface area contributed by atoms with Gasteiger partial charge in [0.2, 0.25) is 0 Å². The number of rotatable bonds is 4. The maximum absolute atomic E-state index is 12.9. The standard InChI is InChI=1S/C25H20BrNO4S/c1-30-25(29)22-19(16-7-6-14-4-2-3-5-15(14)10-16)13-32-24(22)27-23(28)21-12-17-11-18(26)8-9-20(17)31-21/h6-13H,2-5H2,1H3,(H,27,28). The predicted octanol–water partition coefficient (Wildman–Crippen LogP) is 6.84. The Kier molecular flexibility index (Phi) is 5.61.